The number of carbonyl (C=O) groups excluding carboxylic acids is 1. The maximum atomic E-state index is 11.7. The van der Waals surface area contributed by atoms with Crippen LogP contribution in [0.1, 0.15) is 34.0 Å². The third-order valence-corrected chi connectivity index (χ3v) is 4.05. The molecule has 3 nitrogen and oxygen atoms in total. The first-order chi connectivity index (χ1) is 11.6. The number of hydrogen-bond acceptors (Lipinski definition) is 3. The Bertz CT molecular complexity index is 857. The van der Waals surface area contributed by atoms with Crippen LogP contribution in [0.3, 0.4) is 0 Å². The molecule has 0 unspecified atom stereocenters. The van der Waals surface area contributed by atoms with E-state index in [1.165, 1.54) is 11.1 Å². The highest BCUT2D eigenvalue weighted by atomic mass is 16.1. The van der Waals surface area contributed by atoms with Crippen molar-refractivity contribution in [2.24, 2.45) is 0 Å². The number of ketones is 1. The lowest BCUT2D eigenvalue weighted by Crippen LogP contribution is -2.02. The van der Waals surface area contributed by atoms with Crippen LogP contribution in [0.2, 0.25) is 0 Å². The monoisotopic (exact) mass is 316 g/mol. The van der Waals surface area contributed by atoms with Crippen molar-refractivity contribution in [1.29, 1.82) is 0 Å². The number of nitrogens with one attached hydrogen (secondary N) is 1. The Labute approximate surface area is 142 Å². The predicted octanol–water partition coefficient (Wildman–Crippen LogP) is 4.93. The van der Waals surface area contributed by atoms with E-state index in [0.29, 0.717) is 0 Å². The molecule has 120 valence electrons. The molecule has 0 radical (unpaired) electrons. The maximum Gasteiger partial charge on any atom is 0.160 e. The zero-order chi connectivity index (χ0) is 16.9. The minimum atomic E-state index is 0.0712. The van der Waals surface area contributed by atoms with Crippen molar-refractivity contribution in [3.63, 3.8) is 0 Å². The Kier molecular flexibility index (Phi) is 4.71. The topological polar surface area (TPSA) is 42.0 Å². The molecule has 2 aromatic carbocycles. The van der Waals surface area contributed by atoms with Gasteiger partial charge >= 0.3 is 0 Å². The van der Waals surface area contributed by atoms with Gasteiger partial charge in [-0.3, -0.25) is 4.79 Å². The smallest absolute Gasteiger partial charge is 0.160 e. The van der Waals surface area contributed by atoms with Crippen molar-refractivity contribution in [2.75, 3.05) is 5.32 Å². The largest absolute Gasteiger partial charge is 0.340 e. The molecule has 0 aliphatic rings. The summed E-state index contributed by atoms with van der Waals surface area (Å²) in [5.41, 5.74) is 5.05. The molecular formula is C21H20N2O. The van der Waals surface area contributed by atoms with Crippen molar-refractivity contribution in [3.8, 4) is 0 Å². The van der Waals surface area contributed by atoms with Crippen molar-refractivity contribution in [3.05, 3.63) is 89.1 Å². The number of aromatic nitrogens is 1. The molecule has 0 aliphatic heterocycles. The summed E-state index contributed by atoms with van der Waals surface area (Å²) in [5, 5.41) is 3.33. The lowest BCUT2D eigenvalue weighted by molar-refractivity contribution is 0.101. The van der Waals surface area contributed by atoms with E-state index in [4.69, 9.17) is 0 Å². The maximum absolute atomic E-state index is 11.7. The number of rotatable bonds is 5. The zero-order valence-corrected chi connectivity index (χ0v) is 13.9. The Morgan fingerprint density at radius 1 is 1.00 bits per heavy atom. The van der Waals surface area contributed by atoms with Crippen molar-refractivity contribution < 1.29 is 4.79 Å². The molecule has 0 saturated carbocycles. The minimum Gasteiger partial charge on any atom is -0.340 e. The van der Waals surface area contributed by atoms with E-state index in [1.54, 1.807) is 6.92 Å². The molecule has 3 heteroatoms. The molecule has 3 aromatic rings. The summed E-state index contributed by atoms with van der Waals surface area (Å²) in [5.74, 6) is 0.856. The minimum absolute atomic E-state index is 0.0712. The highest BCUT2D eigenvalue weighted by Gasteiger charge is 2.08. The van der Waals surface area contributed by atoms with Crippen molar-refractivity contribution in [1.82, 2.24) is 4.98 Å². The Morgan fingerprint density at radius 3 is 2.54 bits per heavy atom. The van der Waals surface area contributed by atoms with E-state index in [1.807, 2.05) is 61.7 Å². The van der Waals surface area contributed by atoms with Gasteiger partial charge in [-0.1, -0.05) is 42.5 Å². The average Bonchev–Trinajstić information content (AvgIpc) is 2.58. The van der Waals surface area contributed by atoms with Crippen LogP contribution in [0, 0.1) is 6.92 Å². The zero-order valence-electron chi connectivity index (χ0n) is 13.9. The second kappa shape index (κ2) is 7.09. The second-order valence-corrected chi connectivity index (χ2v) is 5.87. The van der Waals surface area contributed by atoms with E-state index >= 15 is 0 Å². The molecule has 0 bridgehead atoms. The van der Waals surface area contributed by atoms with Gasteiger partial charge in [0.25, 0.3) is 0 Å². The molecule has 0 aliphatic carbocycles. The van der Waals surface area contributed by atoms with Crippen LogP contribution in [0.4, 0.5) is 11.5 Å². The van der Waals surface area contributed by atoms with Gasteiger partial charge in [-0.15, -0.1) is 0 Å². The van der Waals surface area contributed by atoms with Crippen molar-refractivity contribution >= 4 is 17.3 Å². The fraction of sp³-hybridized carbons (Fsp3) is 0.143. The molecule has 3 rings (SSSR count). The fourth-order valence-corrected chi connectivity index (χ4v) is 2.77. The van der Waals surface area contributed by atoms with Crippen LogP contribution in [0.15, 0.2) is 66.9 Å². The van der Waals surface area contributed by atoms with Gasteiger partial charge in [0.2, 0.25) is 0 Å². The molecule has 0 amide bonds. The quantitative estimate of drug-likeness (QED) is 0.679. The van der Waals surface area contributed by atoms with E-state index in [-0.39, 0.29) is 5.78 Å². The summed E-state index contributed by atoms with van der Waals surface area (Å²) in [6.07, 6.45) is 2.68. The fourth-order valence-electron chi connectivity index (χ4n) is 2.77. The number of Topliss-reactive ketones (excluding diaryl/α,β-unsaturated/α-hetero) is 1. The number of benzene rings is 2. The molecule has 0 spiro atoms. The number of nitrogens with zero attached hydrogens (tertiary/aromatic N) is 1. The van der Waals surface area contributed by atoms with E-state index in [9.17, 15) is 4.79 Å². The first kappa shape index (κ1) is 15.9. The van der Waals surface area contributed by atoms with Gasteiger partial charge in [0.1, 0.15) is 5.82 Å². The summed E-state index contributed by atoms with van der Waals surface area (Å²) >= 11 is 0. The summed E-state index contributed by atoms with van der Waals surface area (Å²) in [4.78, 5) is 16.1. The molecule has 0 atom stereocenters. The summed E-state index contributed by atoms with van der Waals surface area (Å²) in [7, 11) is 0. The first-order valence-corrected chi connectivity index (χ1v) is 8.00. The molecular weight excluding hydrogens is 296 g/mol. The first-order valence-electron chi connectivity index (χ1n) is 8.00. The van der Waals surface area contributed by atoms with Gasteiger partial charge in [-0.05, 0) is 55.2 Å². The SMILES string of the molecule is CC(=O)c1cccc(Nc2cc(Cc3ccccc3)ccn2)c1C. The van der Waals surface area contributed by atoms with Gasteiger partial charge in [0.15, 0.2) is 5.78 Å². The van der Waals surface area contributed by atoms with Crippen LogP contribution < -0.4 is 5.32 Å². The van der Waals surface area contributed by atoms with E-state index in [2.05, 4.69) is 22.4 Å². The van der Waals surface area contributed by atoms with Crippen LogP contribution in [-0.2, 0) is 6.42 Å². The Morgan fingerprint density at radius 2 is 1.79 bits per heavy atom. The molecule has 0 fully saturated rings. The van der Waals surface area contributed by atoms with Gasteiger partial charge in [0.05, 0.1) is 0 Å². The predicted molar refractivity (Wildman–Crippen MR) is 98.0 cm³/mol. The van der Waals surface area contributed by atoms with Gasteiger partial charge < -0.3 is 5.32 Å². The third kappa shape index (κ3) is 3.69. The molecule has 0 saturated heterocycles. The van der Waals surface area contributed by atoms with Crippen LogP contribution in [0.5, 0.6) is 0 Å². The summed E-state index contributed by atoms with van der Waals surface area (Å²) in [6.45, 7) is 3.54. The highest BCUT2D eigenvalue weighted by Crippen LogP contribution is 2.23. The standard InChI is InChI=1S/C21H20N2O/c1-15-19(16(2)24)9-6-10-20(15)23-21-14-18(11-12-22-21)13-17-7-4-3-5-8-17/h3-12,14H,13H2,1-2H3,(H,22,23). The van der Waals surface area contributed by atoms with Gasteiger partial charge in [-0.25, -0.2) is 4.98 Å². The Hall–Kier alpha value is -2.94. The van der Waals surface area contributed by atoms with E-state index < -0.39 is 0 Å². The lowest BCUT2D eigenvalue weighted by Gasteiger charge is -2.12. The lowest BCUT2D eigenvalue weighted by atomic mass is 10.0. The van der Waals surface area contributed by atoms with Gasteiger partial charge in [-0.2, -0.15) is 0 Å². The number of anilines is 2. The average molecular weight is 316 g/mol. The highest BCUT2D eigenvalue weighted by molar-refractivity contribution is 5.97. The van der Waals surface area contributed by atoms with Gasteiger partial charge in [0, 0.05) is 17.4 Å². The molecule has 1 heterocycles. The summed E-state index contributed by atoms with van der Waals surface area (Å²) < 4.78 is 0. The number of pyridine rings is 1. The number of hydrogen-bond donors (Lipinski definition) is 1. The van der Waals surface area contributed by atoms with Crippen LogP contribution in [-0.4, -0.2) is 10.8 Å². The van der Waals surface area contributed by atoms with Crippen LogP contribution >= 0.6 is 0 Å². The van der Waals surface area contributed by atoms with E-state index in [0.717, 1.165) is 29.1 Å². The molecule has 1 N–H and O–H groups in total. The molecule has 24 heavy (non-hydrogen) atoms. The Balaban J connectivity index is 1.83. The molecule has 1 aromatic heterocycles. The normalized spacial score (nSPS) is 10.4. The third-order valence-electron chi connectivity index (χ3n) is 4.05. The summed E-state index contributed by atoms with van der Waals surface area (Å²) in [6, 6.07) is 20.1. The second-order valence-electron chi connectivity index (χ2n) is 5.87. The van der Waals surface area contributed by atoms with Crippen LogP contribution in [0.25, 0.3) is 0 Å². The van der Waals surface area contributed by atoms with Crippen molar-refractivity contribution in [2.45, 2.75) is 20.3 Å². The number of carbonyl (C=O) groups is 1.